The van der Waals surface area contributed by atoms with Crippen LogP contribution in [0.25, 0.3) is 0 Å². The van der Waals surface area contributed by atoms with Crippen molar-refractivity contribution in [3.8, 4) is 0 Å². The molecule has 0 bridgehead atoms. The van der Waals surface area contributed by atoms with E-state index in [-0.39, 0.29) is 0 Å². The number of oxime groups is 1. The molecule has 7 nitrogen and oxygen atoms in total. The van der Waals surface area contributed by atoms with Crippen molar-refractivity contribution in [1.82, 2.24) is 5.32 Å². The maximum atomic E-state index is 12.5. The van der Waals surface area contributed by atoms with E-state index in [0.29, 0.717) is 0 Å². The van der Waals surface area contributed by atoms with E-state index >= 15 is 0 Å². The topological polar surface area (TPSA) is 93.8 Å². The molecule has 0 heterocycles. The van der Waals surface area contributed by atoms with Gasteiger partial charge in [-0.3, -0.25) is 15.0 Å². The SMILES string of the molecule is CNC(=O)ON=C(C(F)F)C(C)(C)[N+](=O)[O-]. The predicted molar refractivity (Wildman–Crippen MR) is 50.1 cm³/mol. The predicted octanol–water partition coefficient (Wildman–Crippen LogP) is 1.02. The number of hydrogen-bond donors (Lipinski definition) is 1. The fraction of sp³-hybridized carbons (Fsp3) is 0.714. The van der Waals surface area contributed by atoms with Crippen LogP contribution in [0.4, 0.5) is 13.6 Å². The third kappa shape index (κ3) is 3.41. The zero-order chi connectivity index (χ0) is 12.9. The van der Waals surface area contributed by atoms with E-state index in [1.165, 1.54) is 7.05 Å². The first-order chi connectivity index (χ1) is 7.23. The molecular formula is C7H11F2N3O4. The fourth-order valence-corrected chi connectivity index (χ4v) is 0.648. The highest BCUT2D eigenvalue weighted by Crippen LogP contribution is 2.16. The zero-order valence-corrected chi connectivity index (χ0v) is 8.86. The average molecular weight is 239 g/mol. The largest absolute Gasteiger partial charge is 0.433 e. The Morgan fingerprint density at radius 3 is 2.38 bits per heavy atom. The molecule has 0 aromatic rings. The van der Waals surface area contributed by atoms with Crippen LogP contribution in [0.15, 0.2) is 5.16 Å². The van der Waals surface area contributed by atoms with Crippen molar-refractivity contribution in [2.45, 2.75) is 25.8 Å². The van der Waals surface area contributed by atoms with Gasteiger partial charge in [-0.15, -0.1) is 0 Å². The summed E-state index contributed by atoms with van der Waals surface area (Å²) in [5.41, 5.74) is -3.23. The molecule has 0 fully saturated rings. The first kappa shape index (κ1) is 14.2. The molecule has 0 aliphatic carbocycles. The Bertz CT molecular complexity index is 317. The first-order valence-corrected chi connectivity index (χ1v) is 4.13. The van der Waals surface area contributed by atoms with Crippen LogP contribution in [-0.4, -0.2) is 35.7 Å². The Kier molecular flexibility index (Phi) is 4.73. The van der Waals surface area contributed by atoms with Crippen LogP contribution in [0.3, 0.4) is 0 Å². The molecule has 0 radical (unpaired) electrons. The minimum absolute atomic E-state index is 0.936. The summed E-state index contributed by atoms with van der Waals surface area (Å²) in [4.78, 5) is 24.2. The highest BCUT2D eigenvalue weighted by atomic mass is 19.3. The molecule has 0 aliphatic heterocycles. The number of alkyl halides is 2. The van der Waals surface area contributed by atoms with Gasteiger partial charge in [0.15, 0.2) is 5.71 Å². The number of nitrogens with zero attached hydrogens (tertiary/aromatic N) is 2. The summed E-state index contributed by atoms with van der Waals surface area (Å²) in [5, 5.41) is 15.3. The molecule has 1 amide bonds. The van der Waals surface area contributed by atoms with Gasteiger partial charge in [0, 0.05) is 25.8 Å². The average Bonchev–Trinajstić information content (AvgIpc) is 2.16. The van der Waals surface area contributed by atoms with E-state index in [2.05, 4.69) is 9.99 Å². The second-order valence-electron chi connectivity index (χ2n) is 3.22. The molecule has 0 aromatic carbocycles. The lowest BCUT2D eigenvalue weighted by Gasteiger charge is -2.16. The number of halogens is 2. The van der Waals surface area contributed by atoms with Gasteiger partial charge in [0.25, 0.3) is 12.0 Å². The van der Waals surface area contributed by atoms with E-state index in [4.69, 9.17) is 0 Å². The normalized spacial score (nSPS) is 12.5. The second-order valence-corrected chi connectivity index (χ2v) is 3.22. The van der Waals surface area contributed by atoms with Crippen LogP contribution in [0, 0.1) is 10.1 Å². The van der Waals surface area contributed by atoms with Gasteiger partial charge in [0.1, 0.15) is 0 Å². The summed E-state index contributed by atoms with van der Waals surface area (Å²) < 4.78 is 24.9. The van der Waals surface area contributed by atoms with Gasteiger partial charge in [0.05, 0.1) is 0 Å². The molecule has 92 valence electrons. The summed E-state index contributed by atoms with van der Waals surface area (Å²) in [6.07, 6.45) is -4.28. The summed E-state index contributed by atoms with van der Waals surface area (Å²) in [5.74, 6) is 0. The van der Waals surface area contributed by atoms with Gasteiger partial charge < -0.3 is 5.32 Å². The number of hydrogen-bond acceptors (Lipinski definition) is 5. The number of nitrogens with one attached hydrogen (secondary N) is 1. The van der Waals surface area contributed by atoms with Gasteiger partial charge in [-0.1, -0.05) is 5.16 Å². The summed E-state index contributed by atoms with van der Waals surface area (Å²) >= 11 is 0. The highest BCUT2D eigenvalue weighted by molar-refractivity contribution is 5.94. The van der Waals surface area contributed by atoms with E-state index in [9.17, 15) is 23.7 Å². The standard InChI is InChI=1S/C7H11F2N3O4/c1-7(2,12(14)15)4(5(8)9)11-16-6(13)10-3/h5H,1-3H3,(H,10,13). The van der Waals surface area contributed by atoms with Crippen LogP contribution in [0.2, 0.25) is 0 Å². The minimum Gasteiger partial charge on any atom is -0.323 e. The Morgan fingerprint density at radius 1 is 1.56 bits per heavy atom. The quantitative estimate of drug-likeness (QED) is 0.343. The van der Waals surface area contributed by atoms with Crippen LogP contribution in [0.5, 0.6) is 0 Å². The highest BCUT2D eigenvalue weighted by Gasteiger charge is 2.44. The Balaban J connectivity index is 5.02. The van der Waals surface area contributed by atoms with Gasteiger partial charge in [0.2, 0.25) is 0 Å². The van der Waals surface area contributed by atoms with Gasteiger partial charge in [-0.25, -0.2) is 13.6 Å². The van der Waals surface area contributed by atoms with Crippen LogP contribution in [0.1, 0.15) is 13.8 Å². The molecule has 9 heteroatoms. The molecule has 0 atom stereocenters. The van der Waals surface area contributed by atoms with Crippen LogP contribution < -0.4 is 5.32 Å². The van der Waals surface area contributed by atoms with Crippen molar-refractivity contribution >= 4 is 11.8 Å². The fourth-order valence-electron chi connectivity index (χ4n) is 0.648. The van der Waals surface area contributed by atoms with Gasteiger partial charge in [-0.05, 0) is 0 Å². The minimum atomic E-state index is -3.19. The lowest BCUT2D eigenvalue weighted by molar-refractivity contribution is -0.538. The lowest BCUT2D eigenvalue weighted by Crippen LogP contribution is -2.44. The van der Waals surface area contributed by atoms with Crippen molar-refractivity contribution in [2.24, 2.45) is 5.16 Å². The lowest BCUT2D eigenvalue weighted by atomic mass is 10.00. The van der Waals surface area contributed by atoms with E-state index in [1.807, 2.05) is 5.32 Å². The molecule has 0 unspecified atom stereocenters. The monoisotopic (exact) mass is 239 g/mol. The Labute approximate surface area is 89.6 Å². The Hall–Kier alpha value is -1.80. The molecular weight excluding hydrogens is 228 g/mol. The van der Waals surface area contributed by atoms with Crippen molar-refractivity contribution in [3.63, 3.8) is 0 Å². The van der Waals surface area contributed by atoms with Gasteiger partial charge in [-0.2, -0.15) is 0 Å². The first-order valence-electron chi connectivity index (χ1n) is 4.13. The molecule has 0 rings (SSSR count). The maximum Gasteiger partial charge on any atom is 0.433 e. The maximum absolute atomic E-state index is 12.5. The van der Waals surface area contributed by atoms with E-state index in [1.54, 1.807) is 0 Å². The third-order valence-corrected chi connectivity index (χ3v) is 1.72. The van der Waals surface area contributed by atoms with Crippen molar-refractivity contribution in [2.75, 3.05) is 7.05 Å². The molecule has 16 heavy (non-hydrogen) atoms. The number of carbonyl (C=O) groups is 1. The smallest absolute Gasteiger partial charge is 0.323 e. The van der Waals surface area contributed by atoms with Gasteiger partial charge >= 0.3 is 6.09 Å². The van der Waals surface area contributed by atoms with Crippen molar-refractivity contribution in [3.05, 3.63) is 10.1 Å². The van der Waals surface area contributed by atoms with E-state index in [0.717, 1.165) is 13.8 Å². The number of amides is 1. The summed E-state index contributed by atoms with van der Waals surface area (Å²) in [6.45, 7) is 1.87. The second kappa shape index (κ2) is 5.33. The number of carbonyl (C=O) groups excluding carboxylic acids is 1. The molecule has 0 saturated heterocycles. The van der Waals surface area contributed by atoms with Crippen molar-refractivity contribution < 1.29 is 23.3 Å². The summed E-state index contributed by atoms with van der Waals surface area (Å²) in [6, 6.07) is 0. The number of nitro groups is 1. The molecule has 0 aromatic heterocycles. The van der Waals surface area contributed by atoms with Crippen LogP contribution in [-0.2, 0) is 4.84 Å². The molecule has 0 spiro atoms. The summed E-state index contributed by atoms with van der Waals surface area (Å²) in [7, 11) is 1.19. The molecule has 1 N–H and O–H groups in total. The van der Waals surface area contributed by atoms with Crippen molar-refractivity contribution in [1.29, 1.82) is 0 Å². The zero-order valence-electron chi connectivity index (χ0n) is 8.86. The van der Waals surface area contributed by atoms with Crippen LogP contribution >= 0.6 is 0 Å². The third-order valence-electron chi connectivity index (χ3n) is 1.72. The Morgan fingerprint density at radius 2 is 2.06 bits per heavy atom. The number of rotatable bonds is 4. The molecule has 0 saturated carbocycles. The molecule has 0 aliphatic rings. The van der Waals surface area contributed by atoms with E-state index < -0.39 is 28.7 Å².